The number of para-hydroxylation sites is 1. The van der Waals surface area contributed by atoms with Crippen LogP contribution in [-0.4, -0.2) is 11.3 Å². The fraction of sp³-hybridized carbons (Fsp3) is 0.158. The van der Waals surface area contributed by atoms with Crippen molar-refractivity contribution < 1.29 is 0 Å². The van der Waals surface area contributed by atoms with E-state index < -0.39 is 7.92 Å². The summed E-state index contributed by atoms with van der Waals surface area (Å²) in [7, 11) is -0.931. The molecular weight excluding hydrogens is 529 g/mol. The van der Waals surface area contributed by atoms with Crippen LogP contribution < -0.4 is 15.9 Å². The van der Waals surface area contributed by atoms with E-state index in [1.54, 1.807) is 0 Å². The van der Waals surface area contributed by atoms with Crippen molar-refractivity contribution in [2.24, 2.45) is 9.98 Å². The molecule has 0 aliphatic heterocycles. The van der Waals surface area contributed by atoms with Crippen molar-refractivity contribution in [2.75, 3.05) is 5.32 Å². The zero-order valence-electron chi connectivity index (χ0n) is 25.1. The van der Waals surface area contributed by atoms with Crippen LogP contribution in [0.4, 0.5) is 17.1 Å². The lowest BCUT2D eigenvalue weighted by atomic mass is 9.98. The highest BCUT2D eigenvalue weighted by atomic mass is 31.1. The van der Waals surface area contributed by atoms with Crippen LogP contribution >= 0.6 is 7.92 Å². The Kier molecular flexibility index (Phi) is 9.41. The first kappa shape index (κ1) is 29.2. The van der Waals surface area contributed by atoms with Crippen LogP contribution in [0.5, 0.6) is 0 Å². The zero-order chi connectivity index (χ0) is 29.5. The summed E-state index contributed by atoms with van der Waals surface area (Å²) in [5.41, 5.74) is 11.3. The van der Waals surface area contributed by atoms with Crippen LogP contribution in [0, 0.1) is 27.7 Å². The van der Waals surface area contributed by atoms with Gasteiger partial charge in [-0.25, -0.2) is 4.99 Å². The van der Waals surface area contributed by atoms with E-state index in [2.05, 4.69) is 161 Å². The van der Waals surface area contributed by atoms with Crippen LogP contribution in [-0.2, 0) is 6.42 Å². The second-order valence-electron chi connectivity index (χ2n) is 10.7. The number of anilines is 1. The Labute approximate surface area is 251 Å². The Morgan fingerprint density at radius 2 is 1.07 bits per heavy atom. The minimum atomic E-state index is -0.931. The molecule has 1 N–H and O–H groups in total. The highest BCUT2D eigenvalue weighted by Crippen LogP contribution is 2.39. The predicted molar refractivity (Wildman–Crippen MR) is 185 cm³/mol. The molecular formula is C38H38N3P. The molecule has 0 aromatic heterocycles. The fourth-order valence-corrected chi connectivity index (χ4v) is 7.33. The third-order valence-electron chi connectivity index (χ3n) is 7.42. The minimum absolute atomic E-state index is 0.851. The smallest absolute Gasteiger partial charge is 0.138 e. The van der Waals surface area contributed by atoms with E-state index in [-0.39, 0.29) is 0 Å². The minimum Gasteiger partial charge on any atom is -0.339 e. The van der Waals surface area contributed by atoms with Crippen molar-refractivity contribution in [3.63, 3.8) is 0 Å². The van der Waals surface area contributed by atoms with Crippen LogP contribution in [0.25, 0.3) is 0 Å². The van der Waals surface area contributed by atoms with E-state index in [1.165, 1.54) is 27.3 Å². The molecule has 0 heterocycles. The Bertz CT molecular complexity index is 1630. The molecule has 0 amide bonds. The summed E-state index contributed by atoms with van der Waals surface area (Å²) in [4.78, 5) is 10.3. The summed E-state index contributed by atoms with van der Waals surface area (Å²) in [6.07, 6.45) is 0.851. The van der Waals surface area contributed by atoms with Crippen LogP contribution in [0.1, 0.15) is 34.7 Å². The van der Waals surface area contributed by atoms with Gasteiger partial charge >= 0.3 is 0 Å². The molecule has 0 atom stereocenters. The lowest BCUT2D eigenvalue weighted by molar-refractivity contribution is 1.19. The second-order valence-corrected chi connectivity index (χ2v) is 12.9. The molecule has 0 fully saturated rings. The average Bonchev–Trinajstić information content (AvgIpc) is 2.99. The predicted octanol–water partition coefficient (Wildman–Crippen LogP) is 9.49. The topological polar surface area (TPSA) is 36.8 Å². The molecule has 5 rings (SSSR count). The lowest BCUT2D eigenvalue weighted by Gasteiger charge is -2.23. The Morgan fingerprint density at radius 3 is 1.60 bits per heavy atom. The van der Waals surface area contributed by atoms with Gasteiger partial charge in [0.05, 0.1) is 11.4 Å². The van der Waals surface area contributed by atoms with Gasteiger partial charge in [-0.15, -0.1) is 0 Å². The number of aliphatic imine (C=N–C) groups is 2. The zero-order valence-corrected chi connectivity index (χ0v) is 26.0. The van der Waals surface area contributed by atoms with Gasteiger partial charge < -0.3 is 5.32 Å². The third-order valence-corrected chi connectivity index (χ3v) is 9.68. The number of hydrogen-bond acceptors (Lipinski definition) is 2. The first-order chi connectivity index (χ1) is 20.4. The number of rotatable bonds is 8. The van der Waals surface area contributed by atoms with Gasteiger partial charge in [-0.1, -0.05) is 97.1 Å². The number of benzene rings is 5. The SMILES string of the molecule is CC(Cc1c(C)cccc1C)=Nc1ccc(NC(=Nc2c(C)cccc2C)P(c2ccccc2)c2ccccc2)cc1. The van der Waals surface area contributed by atoms with Crippen LogP contribution in [0.2, 0.25) is 0 Å². The highest BCUT2D eigenvalue weighted by molar-refractivity contribution is 7.88. The van der Waals surface area contributed by atoms with E-state index in [0.717, 1.165) is 45.9 Å². The summed E-state index contributed by atoms with van der Waals surface area (Å²) < 4.78 is 0. The van der Waals surface area contributed by atoms with Crippen molar-refractivity contribution in [1.29, 1.82) is 0 Å². The Hall–Kier alpha value is -4.33. The van der Waals surface area contributed by atoms with Gasteiger partial charge in [-0.3, -0.25) is 4.99 Å². The summed E-state index contributed by atoms with van der Waals surface area (Å²) >= 11 is 0. The van der Waals surface area contributed by atoms with Crippen LogP contribution in [0.15, 0.2) is 131 Å². The van der Waals surface area contributed by atoms with E-state index in [4.69, 9.17) is 9.98 Å². The first-order valence-corrected chi connectivity index (χ1v) is 15.7. The molecule has 42 heavy (non-hydrogen) atoms. The van der Waals surface area contributed by atoms with Gasteiger partial charge in [0.25, 0.3) is 0 Å². The normalized spacial score (nSPS) is 12.0. The molecule has 0 bridgehead atoms. The highest BCUT2D eigenvalue weighted by Gasteiger charge is 2.22. The first-order valence-electron chi connectivity index (χ1n) is 14.4. The molecule has 0 radical (unpaired) electrons. The Morgan fingerprint density at radius 1 is 0.571 bits per heavy atom. The third kappa shape index (κ3) is 7.11. The van der Waals surface area contributed by atoms with E-state index >= 15 is 0 Å². The summed E-state index contributed by atoms with van der Waals surface area (Å²) in [6, 6.07) is 42.6. The van der Waals surface area contributed by atoms with Gasteiger partial charge in [0.2, 0.25) is 0 Å². The van der Waals surface area contributed by atoms with Crippen molar-refractivity contribution >= 4 is 46.9 Å². The summed E-state index contributed by atoms with van der Waals surface area (Å²) in [5, 5.41) is 6.24. The van der Waals surface area contributed by atoms with Crippen molar-refractivity contribution in [3.8, 4) is 0 Å². The summed E-state index contributed by atoms with van der Waals surface area (Å²) in [6.45, 7) is 10.7. The quantitative estimate of drug-likeness (QED) is 0.113. The standard InChI is InChI=1S/C38H38N3P/c1-27-14-12-15-28(2)36(27)26-31(5)39-32-22-24-33(25-23-32)40-38(41-37-29(3)16-13-17-30(37)4)42(34-18-8-6-9-19-34)35-20-10-7-11-21-35/h6-25H,26H2,1-5H3,(H,40,41). The number of amidine groups is 1. The monoisotopic (exact) mass is 567 g/mol. The number of aryl methyl sites for hydroxylation is 4. The van der Waals surface area contributed by atoms with Crippen molar-refractivity contribution in [2.45, 2.75) is 41.0 Å². The second kappa shape index (κ2) is 13.6. The molecule has 5 aromatic rings. The molecule has 0 aliphatic rings. The molecule has 0 unspecified atom stereocenters. The van der Waals surface area contributed by atoms with Gasteiger partial charge in [-0.05, 0) is 97.3 Å². The molecule has 0 saturated carbocycles. The molecule has 210 valence electrons. The lowest BCUT2D eigenvalue weighted by Crippen LogP contribution is -2.23. The van der Waals surface area contributed by atoms with Gasteiger partial charge in [0.1, 0.15) is 5.58 Å². The molecule has 0 spiro atoms. The van der Waals surface area contributed by atoms with Crippen molar-refractivity contribution in [1.82, 2.24) is 0 Å². The van der Waals surface area contributed by atoms with Crippen LogP contribution in [0.3, 0.4) is 0 Å². The number of nitrogens with one attached hydrogen (secondary N) is 1. The van der Waals surface area contributed by atoms with Crippen molar-refractivity contribution in [3.05, 3.63) is 149 Å². The molecule has 4 heteroatoms. The van der Waals surface area contributed by atoms with Gasteiger partial charge in [0.15, 0.2) is 0 Å². The van der Waals surface area contributed by atoms with Gasteiger partial charge in [-0.2, -0.15) is 0 Å². The largest absolute Gasteiger partial charge is 0.339 e. The Balaban J connectivity index is 1.50. The fourth-order valence-electron chi connectivity index (χ4n) is 5.16. The maximum absolute atomic E-state index is 5.35. The van der Waals surface area contributed by atoms with E-state index in [0.29, 0.717) is 0 Å². The maximum Gasteiger partial charge on any atom is 0.138 e. The molecule has 3 nitrogen and oxygen atoms in total. The molecule has 0 saturated heterocycles. The van der Waals surface area contributed by atoms with E-state index in [1.807, 2.05) is 0 Å². The average molecular weight is 568 g/mol. The summed E-state index contributed by atoms with van der Waals surface area (Å²) in [5.74, 6) is 0. The molecule has 0 aliphatic carbocycles. The number of hydrogen-bond donors (Lipinski definition) is 1. The number of nitrogens with zero attached hydrogens (tertiary/aromatic N) is 2. The van der Waals surface area contributed by atoms with Gasteiger partial charge in [0, 0.05) is 25.7 Å². The van der Waals surface area contributed by atoms with E-state index in [9.17, 15) is 0 Å². The maximum atomic E-state index is 5.35. The molecule has 5 aromatic carbocycles.